The van der Waals surface area contributed by atoms with Crippen LogP contribution < -0.4 is 5.73 Å². The number of hydrogen-bond donors (Lipinski definition) is 1. The Morgan fingerprint density at radius 1 is 0.839 bits per heavy atom. The van der Waals surface area contributed by atoms with E-state index in [9.17, 15) is 0 Å². The molecule has 0 unspecified atom stereocenters. The molecule has 1 saturated carbocycles. The number of amidine groups is 1. The maximum atomic E-state index is 6.37. The minimum absolute atomic E-state index is 0.390. The zero-order valence-electron chi connectivity index (χ0n) is 16.7. The molecule has 31 heavy (non-hydrogen) atoms. The monoisotopic (exact) mass is 405 g/mol. The maximum absolute atomic E-state index is 6.37. The topological polar surface area (TPSA) is 103 Å². The van der Waals surface area contributed by atoms with Crippen LogP contribution in [0, 0.1) is 0 Å². The van der Waals surface area contributed by atoms with Crippen LogP contribution in [0.15, 0.2) is 78.7 Å². The Morgan fingerprint density at radius 3 is 2.48 bits per heavy atom. The van der Waals surface area contributed by atoms with Crippen molar-refractivity contribution in [2.75, 3.05) is 0 Å². The Bertz CT molecular complexity index is 1310. The first-order valence-electron chi connectivity index (χ1n) is 10.3. The lowest BCUT2D eigenvalue weighted by atomic mass is 9.80. The zero-order chi connectivity index (χ0) is 20.8. The molecular formula is C24H19N7. The summed E-state index contributed by atoms with van der Waals surface area (Å²) < 4.78 is 0. The summed E-state index contributed by atoms with van der Waals surface area (Å²) in [5.74, 6) is 0.912. The number of pyridine rings is 1. The summed E-state index contributed by atoms with van der Waals surface area (Å²) in [5.41, 5.74) is 11.8. The lowest BCUT2D eigenvalue weighted by molar-refractivity contribution is 0.642. The van der Waals surface area contributed by atoms with Crippen LogP contribution in [0.4, 0.5) is 0 Å². The van der Waals surface area contributed by atoms with Crippen molar-refractivity contribution in [2.45, 2.75) is 24.3 Å². The predicted octanol–water partition coefficient (Wildman–Crippen LogP) is 3.22. The van der Waals surface area contributed by atoms with E-state index < -0.39 is 5.54 Å². The van der Waals surface area contributed by atoms with Crippen LogP contribution >= 0.6 is 0 Å². The van der Waals surface area contributed by atoms with Crippen molar-refractivity contribution in [3.8, 4) is 11.1 Å². The minimum Gasteiger partial charge on any atom is -0.382 e. The Morgan fingerprint density at radius 2 is 1.65 bits per heavy atom. The lowest BCUT2D eigenvalue weighted by Gasteiger charge is -2.28. The van der Waals surface area contributed by atoms with E-state index in [-0.39, 0.29) is 0 Å². The molecule has 1 aliphatic carbocycles. The van der Waals surface area contributed by atoms with Gasteiger partial charge in [0.1, 0.15) is 23.6 Å². The van der Waals surface area contributed by atoms with Crippen LogP contribution in [0.3, 0.4) is 0 Å². The SMILES string of the molecule is NC1=N[C@@](c2cccc(-c3cncnc3)c2)(c2ccnc(C3CC3)c2)c2nccnc21. The number of nitrogens with zero attached hydrogens (tertiary/aromatic N) is 6. The van der Waals surface area contributed by atoms with E-state index in [1.165, 1.54) is 19.2 Å². The van der Waals surface area contributed by atoms with E-state index >= 15 is 0 Å². The van der Waals surface area contributed by atoms with Gasteiger partial charge >= 0.3 is 0 Å². The van der Waals surface area contributed by atoms with Gasteiger partial charge in [-0.05, 0) is 47.7 Å². The molecule has 0 spiro atoms. The molecule has 0 amide bonds. The Hall–Kier alpha value is -4.00. The summed E-state index contributed by atoms with van der Waals surface area (Å²) in [4.78, 5) is 27.1. The second kappa shape index (κ2) is 6.77. The average molecular weight is 405 g/mol. The molecule has 1 aromatic carbocycles. The van der Waals surface area contributed by atoms with Crippen molar-refractivity contribution < 1.29 is 0 Å². The van der Waals surface area contributed by atoms with Gasteiger partial charge in [0.2, 0.25) is 0 Å². The van der Waals surface area contributed by atoms with Crippen molar-refractivity contribution >= 4 is 5.84 Å². The highest BCUT2D eigenvalue weighted by Crippen LogP contribution is 2.47. The normalized spacial score (nSPS) is 19.7. The molecule has 0 bridgehead atoms. The largest absolute Gasteiger partial charge is 0.382 e. The molecule has 6 rings (SSSR count). The minimum atomic E-state index is -0.883. The molecule has 1 fully saturated rings. The van der Waals surface area contributed by atoms with Gasteiger partial charge in [-0.2, -0.15) is 0 Å². The average Bonchev–Trinajstić information content (AvgIpc) is 3.65. The van der Waals surface area contributed by atoms with E-state index in [0.717, 1.165) is 33.6 Å². The molecule has 2 aliphatic rings. The summed E-state index contributed by atoms with van der Waals surface area (Å²) in [7, 11) is 0. The smallest absolute Gasteiger partial charge is 0.157 e. The first kappa shape index (κ1) is 17.8. The fraction of sp³-hybridized carbons (Fsp3) is 0.167. The molecule has 150 valence electrons. The summed E-state index contributed by atoms with van der Waals surface area (Å²) in [6.07, 6.45) is 12.7. The third kappa shape index (κ3) is 2.81. The Labute approximate surface area is 179 Å². The van der Waals surface area contributed by atoms with Crippen molar-refractivity contribution in [1.82, 2.24) is 24.9 Å². The van der Waals surface area contributed by atoms with Gasteiger partial charge in [0.15, 0.2) is 5.54 Å². The van der Waals surface area contributed by atoms with Crippen molar-refractivity contribution in [3.05, 3.63) is 102 Å². The molecule has 4 heterocycles. The molecule has 4 aromatic rings. The van der Waals surface area contributed by atoms with Crippen molar-refractivity contribution in [3.63, 3.8) is 0 Å². The maximum Gasteiger partial charge on any atom is 0.157 e. The highest BCUT2D eigenvalue weighted by molar-refractivity contribution is 6.01. The van der Waals surface area contributed by atoms with Gasteiger partial charge < -0.3 is 5.73 Å². The van der Waals surface area contributed by atoms with Gasteiger partial charge in [0, 0.05) is 48.2 Å². The number of aliphatic imine (C=N–C) groups is 1. The number of fused-ring (bicyclic) bond motifs is 1. The highest BCUT2D eigenvalue weighted by Gasteiger charge is 2.46. The highest BCUT2D eigenvalue weighted by atomic mass is 15.1. The third-order valence-electron chi connectivity index (χ3n) is 5.94. The fourth-order valence-corrected chi connectivity index (χ4v) is 4.29. The van der Waals surface area contributed by atoms with Crippen LogP contribution in [-0.4, -0.2) is 30.8 Å². The summed E-state index contributed by atoms with van der Waals surface area (Å²) in [6, 6.07) is 12.4. The van der Waals surface area contributed by atoms with Crippen LogP contribution in [0.25, 0.3) is 11.1 Å². The van der Waals surface area contributed by atoms with Gasteiger partial charge in [-0.1, -0.05) is 18.2 Å². The van der Waals surface area contributed by atoms with Crippen LogP contribution in [-0.2, 0) is 5.54 Å². The number of benzene rings is 1. The standard InChI is InChI=1S/C24H19N7/c25-23-21-22(30-9-8-29-21)24(31-23,19-6-7-28-20(11-19)15-4-5-15)18-3-1-2-16(10-18)17-12-26-14-27-13-17/h1-3,6-15H,4-5H2,(H2,25,31)/t24-/m0/s1. The van der Waals surface area contributed by atoms with Gasteiger partial charge in [0.05, 0.1) is 0 Å². The van der Waals surface area contributed by atoms with E-state index in [0.29, 0.717) is 17.4 Å². The first-order valence-corrected chi connectivity index (χ1v) is 10.3. The van der Waals surface area contributed by atoms with Gasteiger partial charge in [-0.15, -0.1) is 0 Å². The Balaban J connectivity index is 1.61. The molecule has 1 atom stereocenters. The van der Waals surface area contributed by atoms with Crippen molar-refractivity contribution in [2.24, 2.45) is 10.7 Å². The molecule has 0 radical (unpaired) electrons. The fourth-order valence-electron chi connectivity index (χ4n) is 4.29. The number of aromatic nitrogens is 5. The van der Waals surface area contributed by atoms with Crippen LogP contribution in [0.2, 0.25) is 0 Å². The number of hydrogen-bond acceptors (Lipinski definition) is 7. The molecule has 7 heteroatoms. The van der Waals surface area contributed by atoms with E-state index in [1.54, 1.807) is 24.8 Å². The first-order chi connectivity index (χ1) is 15.3. The summed E-state index contributed by atoms with van der Waals surface area (Å²) >= 11 is 0. The van der Waals surface area contributed by atoms with Crippen LogP contribution in [0.1, 0.15) is 47.0 Å². The number of rotatable bonds is 4. The van der Waals surface area contributed by atoms with Crippen LogP contribution in [0.5, 0.6) is 0 Å². The second-order valence-corrected chi connectivity index (χ2v) is 7.91. The summed E-state index contributed by atoms with van der Waals surface area (Å²) in [6.45, 7) is 0. The molecular weight excluding hydrogens is 386 g/mol. The third-order valence-corrected chi connectivity index (χ3v) is 5.94. The van der Waals surface area contributed by atoms with E-state index in [4.69, 9.17) is 15.7 Å². The van der Waals surface area contributed by atoms with Crippen molar-refractivity contribution in [1.29, 1.82) is 0 Å². The van der Waals surface area contributed by atoms with E-state index in [1.807, 2.05) is 24.4 Å². The summed E-state index contributed by atoms with van der Waals surface area (Å²) in [5, 5.41) is 0. The molecule has 2 N–H and O–H groups in total. The van der Waals surface area contributed by atoms with Gasteiger partial charge in [-0.3, -0.25) is 9.97 Å². The molecule has 7 nitrogen and oxygen atoms in total. The lowest BCUT2D eigenvalue weighted by Crippen LogP contribution is -2.27. The predicted molar refractivity (Wildman–Crippen MR) is 116 cm³/mol. The zero-order valence-corrected chi connectivity index (χ0v) is 16.7. The second-order valence-electron chi connectivity index (χ2n) is 7.91. The Kier molecular flexibility index (Phi) is 3.89. The van der Waals surface area contributed by atoms with E-state index in [2.05, 4.69) is 38.1 Å². The number of nitrogens with two attached hydrogens (primary N) is 1. The van der Waals surface area contributed by atoms with Gasteiger partial charge in [0.25, 0.3) is 0 Å². The quantitative estimate of drug-likeness (QED) is 0.559. The van der Waals surface area contributed by atoms with Gasteiger partial charge in [-0.25, -0.2) is 19.9 Å². The molecule has 3 aromatic heterocycles. The molecule has 0 saturated heterocycles. The molecule has 1 aliphatic heterocycles.